The molecular formula is C12H7ClO4. The smallest absolute Gasteiger partial charge is 0.345 e. The molecule has 2 aromatic rings. The van der Waals surface area contributed by atoms with E-state index in [1.54, 1.807) is 24.3 Å². The Balaban J connectivity index is 2.72. The van der Waals surface area contributed by atoms with Crippen LogP contribution >= 0.6 is 11.6 Å². The van der Waals surface area contributed by atoms with Crippen molar-refractivity contribution in [1.29, 1.82) is 0 Å². The number of hydrogen-bond acceptors (Lipinski definition) is 3. The van der Waals surface area contributed by atoms with Crippen LogP contribution in [-0.4, -0.2) is 11.1 Å². The fraction of sp³-hybridized carbons (Fsp3) is 0. The van der Waals surface area contributed by atoms with E-state index in [0.717, 1.165) is 12.2 Å². The second-order valence-corrected chi connectivity index (χ2v) is 3.66. The van der Waals surface area contributed by atoms with E-state index >= 15 is 0 Å². The Bertz CT molecular complexity index is 670. The number of carboxylic acid groups (broad SMARTS) is 1. The van der Waals surface area contributed by atoms with E-state index in [4.69, 9.17) is 21.1 Å². The predicted octanol–water partition coefficient (Wildman–Crippen LogP) is 2.54. The Morgan fingerprint density at radius 1 is 1.35 bits per heavy atom. The van der Waals surface area contributed by atoms with Gasteiger partial charge in [-0.05, 0) is 18.2 Å². The van der Waals surface area contributed by atoms with Crippen LogP contribution in [0.5, 0.6) is 0 Å². The van der Waals surface area contributed by atoms with Crippen LogP contribution in [0.4, 0.5) is 0 Å². The maximum atomic E-state index is 11.6. The zero-order valence-corrected chi connectivity index (χ0v) is 9.27. The molecule has 0 fully saturated rings. The molecule has 0 aliphatic rings. The number of carbonyl (C=O) groups is 1. The van der Waals surface area contributed by atoms with Crippen molar-refractivity contribution in [3.05, 3.63) is 51.3 Å². The SMILES string of the molecule is O=C(O)/C=C/c1c(Cl)c2ccccc2oc1=O. The van der Waals surface area contributed by atoms with Crippen LogP contribution in [0.1, 0.15) is 5.56 Å². The van der Waals surface area contributed by atoms with Gasteiger partial charge in [0.25, 0.3) is 0 Å². The average molecular weight is 251 g/mol. The third-order valence-electron chi connectivity index (χ3n) is 2.18. The molecule has 0 unspecified atom stereocenters. The fourth-order valence-corrected chi connectivity index (χ4v) is 1.72. The third-order valence-corrected chi connectivity index (χ3v) is 2.58. The summed E-state index contributed by atoms with van der Waals surface area (Å²) < 4.78 is 5.02. The van der Waals surface area contributed by atoms with Gasteiger partial charge in [-0.1, -0.05) is 23.7 Å². The van der Waals surface area contributed by atoms with E-state index in [0.29, 0.717) is 11.0 Å². The maximum Gasteiger partial charge on any atom is 0.345 e. The molecule has 0 bridgehead atoms. The molecule has 17 heavy (non-hydrogen) atoms. The number of halogens is 1. The van der Waals surface area contributed by atoms with E-state index in [1.165, 1.54) is 0 Å². The Hall–Kier alpha value is -2.07. The highest BCUT2D eigenvalue weighted by molar-refractivity contribution is 6.36. The van der Waals surface area contributed by atoms with Crippen molar-refractivity contribution in [2.75, 3.05) is 0 Å². The Labute approximate surface area is 101 Å². The number of para-hydroxylation sites is 1. The number of rotatable bonds is 2. The molecule has 4 nitrogen and oxygen atoms in total. The summed E-state index contributed by atoms with van der Waals surface area (Å²) in [5, 5.41) is 9.26. The van der Waals surface area contributed by atoms with Gasteiger partial charge in [-0.25, -0.2) is 9.59 Å². The molecule has 1 heterocycles. The molecule has 0 saturated heterocycles. The zero-order valence-electron chi connectivity index (χ0n) is 8.51. The Kier molecular flexibility index (Phi) is 2.97. The quantitative estimate of drug-likeness (QED) is 0.657. The van der Waals surface area contributed by atoms with Crippen LogP contribution < -0.4 is 5.63 Å². The van der Waals surface area contributed by atoms with Crippen molar-refractivity contribution in [1.82, 2.24) is 0 Å². The first-order chi connectivity index (χ1) is 8.09. The van der Waals surface area contributed by atoms with Gasteiger partial charge in [0.05, 0.1) is 10.6 Å². The van der Waals surface area contributed by atoms with Crippen LogP contribution in [0.2, 0.25) is 5.02 Å². The predicted molar refractivity (Wildman–Crippen MR) is 64.2 cm³/mol. The molecule has 1 aromatic heterocycles. The van der Waals surface area contributed by atoms with Gasteiger partial charge in [0, 0.05) is 11.5 Å². The van der Waals surface area contributed by atoms with Crippen molar-refractivity contribution < 1.29 is 14.3 Å². The van der Waals surface area contributed by atoms with E-state index in [2.05, 4.69) is 0 Å². The van der Waals surface area contributed by atoms with Crippen molar-refractivity contribution >= 4 is 34.6 Å². The van der Waals surface area contributed by atoms with Gasteiger partial charge in [-0.3, -0.25) is 0 Å². The summed E-state index contributed by atoms with van der Waals surface area (Å²) in [5.41, 5.74) is -0.256. The van der Waals surface area contributed by atoms with Crippen LogP contribution in [0, 0.1) is 0 Å². The molecule has 2 rings (SSSR count). The van der Waals surface area contributed by atoms with Crippen LogP contribution in [0.3, 0.4) is 0 Å². The van der Waals surface area contributed by atoms with Gasteiger partial charge in [0.2, 0.25) is 0 Å². The first-order valence-electron chi connectivity index (χ1n) is 4.72. The van der Waals surface area contributed by atoms with E-state index in [1.807, 2.05) is 0 Å². The number of aliphatic carboxylic acids is 1. The molecule has 0 saturated carbocycles. The largest absolute Gasteiger partial charge is 0.478 e. The standard InChI is InChI=1S/C12H7ClO4/c13-11-7-3-1-2-4-9(7)17-12(16)8(11)5-6-10(14)15/h1-6H,(H,14,15)/b6-5+. The number of carboxylic acids is 1. The molecule has 5 heteroatoms. The first-order valence-corrected chi connectivity index (χ1v) is 5.10. The highest BCUT2D eigenvalue weighted by Gasteiger charge is 2.10. The summed E-state index contributed by atoms with van der Waals surface area (Å²) in [7, 11) is 0. The third kappa shape index (κ3) is 2.21. The van der Waals surface area contributed by atoms with Crippen LogP contribution in [0.25, 0.3) is 17.0 Å². The summed E-state index contributed by atoms with van der Waals surface area (Å²) in [5.74, 6) is -1.16. The number of fused-ring (bicyclic) bond motifs is 1. The minimum absolute atomic E-state index is 0.0350. The van der Waals surface area contributed by atoms with Gasteiger partial charge in [-0.2, -0.15) is 0 Å². The fourth-order valence-electron chi connectivity index (χ4n) is 1.42. The molecule has 0 amide bonds. The van der Waals surface area contributed by atoms with Crippen molar-refractivity contribution in [2.24, 2.45) is 0 Å². The summed E-state index contributed by atoms with van der Waals surface area (Å²) >= 11 is 6.03. The zero-order chi connectivity index (χ0) is 12.4. The van der Waals surface area contributed by atoms with E-state index < -0.39 is 11.6 Å². The molecule has 1 aromatic carbocycles. The lowest BCUT2D eigenvalue weighted by molar-refractivity contribution is -0.131. The van der Waals surface area contributed by atoms with Gasteiger partial charge in [0.1, 0.15) is 5.58 Å². The second kappa shape index (κ2) is 4.43. The normalized spacial score (nSPS) is 11.1. The second-order valence-electron chi connectivity index (χ2n) is 3.28. The van der Waals surface area contributed by atoms with Gasteiger partial charge in [-0.15, -0.1) is 0 Å². The lowest BCUT2D eigenvalue weighted by Gasteiger charge is -2.01. The first kappa shape index (κ1) is 11.4. The molecular weight excluding hydrogens is 244 g/mol. The highest BCUT2D eigenvalue weighted by atomic mass is 35.5. The molecule has 1 N–H and O–H groups in total. The summed E-state index contributed by atoms with van der Waals surface area (Å²) in [6.45, 7) is 0. The summed E-state index contributed by atoms with van der Waals surface area (Å²) in [4.78, 5) is 22.0. The minimum Gasteiger partial charge on any atom is -0.478 e. The molecule has 0 radical (unpaired) electrons. The average Bonchev–Trinajstić information content (AvgIpc) is 2.28. The number of benzene rings is 1. The van der Waals surface area contributed by atoms with Gasteiger partial charge >= 0.3 is 11.6 Å². The molecule has 0 spiro atoms. The lowest BCUT2D eigenvalue weighted by atomic mass is 10.1. The van der Waals surface area contributed by atoms with Crippen LogP contribution in [0.15, 0.2) is 39.6 Å². The number of hydrogen-bond donors (Lipinski definition) is 1. The van der Waals surface area contributed by atoms with Crippen molar-refractivity contribution in [2.45, 2.75) is 0 Å². The Morgan fingerprint density at radius 2 is 2.06 bits per heavy atom. The molecule has 86 valence electrons. The lowest BCUT2D eigenvalue weighted by Crippen LogP contribution is -2.04. The molecule has 0 atom stereocenters. The minimum atomic E-state index is -1.16. The summed E-state index contributed by atoms with van der Waals surface area (Å²) in [6, 6.07) is 6.78. The summed E-state index contributed by atoms with van der Waals surface area (Å²) in [6.07, 6.45) is 1.97. The maximum absolute atomic E-state index is 11.6. The Morgan fingerprint density at radius 3 is 2.76 bits per heavy atom. The topological polar surface area (TPSA) is 67.5 Å². The monoisotopic (exact) mass is 250 g/mol. The van der Waals surface area contributed by atoms with Gasteiger partial charge < -0.3 is 9.52 Å². The van der Waals surface area contributed by atoms with Crippen molar-refractivity contribution in [3.8, 4) is 0 Å². The van der Waals surface area contributed by atoms with Gasteiger partial charge in [0.15, 0.2) is 0 Å². The van der Waals surface area contributed by atoms with Crippen molar-refractivity contribution in [3.63, 3.8) is 0 Å². The van der Waals surface area contributed by atoms with Crippen LogP contribution in [-0.2, 0) is 4.79 Å². The molecule has 0 aliphatic heterocycles. The van der Waals surface area contributed by atoms with E-state index in [-0.39, 0.29) is 10.6 Å². The highest BCUT2D eigenvalue weighted by Crippen LogP contribution is 2.25. The van der Waals surface area contributed by atoms with E-state index in [9.17, 15) is 9.59 Å². The molecule has 0 aliphatic carbocycles.